The Morgan fingerprint density at radius 1 is 1.29 bits per heavy atom. The highest BCUT2D eigenvalue weighted by Crippen LogP contribution is 2.16. The Labute approximate surface area is 127 Å². The first-order valence-corrected chi connectivity index (χ1v) is 7.53. The molecule has 0 amide bonds. The summed E-state index contributed by atoms with van der Waals surface area (Å²) in [5.41, 5.74) is 3.54. The van der Waals surface area contributed by atoms with Gasteiger partial charge >= 0.3 is 0 Å². The van der Waals surface area contributed by atoms with E-state index in [4.69, 9.17) is 0 Å². The zero-order valence-corrected chi connectivity index (χ0v) is 13.9. The summed E-state index contributed by atoms with van der Waals surface area (Å²) in [4.78, 5) is 4.58. The smallest absolute Gasteiger partial charge is 0.156 e. The number of pyridine rings is 1. The standard InChI is InChI=1S/C17H26N4/c1-12(2)15-7-8-21(20-15)16-13(3)9-14(10-18-16)11-19-17(4,5)6/h7-10,12,19H,11H2,1-6H3. The molecule has 114 valence electrons. The third-order valence-corrected chi connectivity index (χ3v) is 3.35. The number of hydrogen-bond acceptors (Lipinski definition) is 3. The molecule has 0 fully saturated rings. The first-order chi connectivity index (χ1) is 9.76. The van der Waals surface area contributed by atoms with Crippen molar-refractivity contribution in [1.29, 1.82) is 0 Å². The molecule has 0 unspecified atom stereocenters. The van der Waals surface area contributed by atoms with E-state index < -0.39 is 0 Å². The largest absolute Gasteiger partial charge is 0.308 e. The lowest BCUT2D eigenvalue weighted by Crippen LogP contribution is -2.35. The molecule has 0 aromatic carbocycles. The Kier molecular flexibility index (Phi) is 4.47. The number of aryl methyl sites for hydroxylation is 1. The van der Waals surface area contributed by atoms with Gasteiger partial charge in [-0.05, 0) is 56.9 Å². The molecule has 2 aromatic rings. The number of hydrogen-bond donors (Lipinski definition) is 1. The molecule has 4 heteroatoms. The molecule has 0 saturated carbocycles. The van der Waals surface area contributed by atoms with Crippen molar-refractivity contribution in [3.05, 3.63) is 41.3 Å². The van der Waals surface area contributed by atoms with Gasteiger partial charge in [0.25, 0.3) is 0 Å². The van der Waals surface area contributed by atoms with E-state index in [9.17, 15) is 0 Å². The summed E-state index contributed by atoms with van der Waals surface area (Å²) in [7, 11) is 0. The minimum atomic E-state index is 0.112. The normalized spacial score (nSPS) is 12.1. The van der Waals surface area contributed by atoms with Gasteiger partial charge in [0, 0.05) is 24.5 Å². The average Bonchev–Trinajstić information content (AvgIpc) is 2.85. The van der Waals surface area contributed by atoms with Crippen LogP contribution in [0.3, 0.4) is 0 Å². The highest BCUT2D eigenvalue weighted by Gasteiger charge is 2.11. The lowest BCUT2D eigenvalue weighted by Gasteiger charge is -2.20. The minimum Gasteiger partial charge on any atom is -0.308 e. The fourth-order valence-electron chi connectivity index (χ4n) is 2.09. The average molecular weight is 286 g/mol. The van der Waals surface area contributed by atoms with E-state index in [-0.39, 0.29) is 5.54 Å². The van der Waals surface area contributed by atoms with Crippen molar-refractivity contribution in [2.75, 3.05) is 0 Å². The second kappa shape index (κ2) is 5.98. The third kappa shape index (κ3) is 4.14. The maximum absolute atomic E-state index is 4.59. The fourth-order valence-corrected chi connectivity index (χ4v) is 2.09. The van der Waals surface area contributed by atoms with Gasteiger partial charge in [0.1, 0.15) is 0 Å². The van der Waals surface area contributed by atoms with Crippen LogP contribution in [0, 0.1) is 6.92 Å². The maximum Gasteiger partial charge on any atom is 0.156 e. The number of aromatic nitrogens is 3. The van der Waals surface area contributed by atoms with Crippen molar-refractivity contribution >= 4 is 0 Å². The second-order valence-electron chi connectivity index (χ2n) is 6.93. The van der Waals surface area contributed by atoms with E-state index in [1.165, 1.54) is 5.56 Å². The van der Waals surface area contributed by atoms with Crippen LogP contribution in [0.2, 0.25) is 0 Å². The van der Waals surface area contributed by atoms with Crippen LogP contribution in [0.4, 0.5) is 0 Å². The predicted molar refractivity (Wildman–Crippen MR) is 86.8 cm³/mol. The highest BCUT2D eigenvalue weighted by molar-refractivity contribution is 5.35. The van der Waals surface area contributed by atoms with E-state index in [0.29, 0.717) is 5.92 Å². The molecule has 1 N–H and O–H groups in total. The van der Waals surface area contributed by atoms with Crippen molar-refractivity contribution in [2.24, 2.45) is 0 Å². The van der Waals surface area contributed by atoms with Crippen molar-refractivity contribution in [3.63, 3.8) is 0 Å². The van der Waals surface area contributed by atoms with E-state index in [0.717, 1.165) is 23.6 Å². The lowest BCUT2D eigenvalue weighted by atomic mass is 10.1. The number of rotatable bonds is 4. The van der Waals surface area contributed by atoms with Gasteiger partial charge in [-0.2, -0.15) is 5.10 Å². The molecule has 0 aliphatic rings. The van der Waals surface area contributed by atoms with Crippen LogP contribution in [-0.4, -0.2) is 20.3 Å². The van der Waals surface area contributed by atoms with Gasteiger partial charge in [0.15, 0.2) is 5.82 Å². The van der Waals surface area contributed by atoms with Gasteiger partial charge in [-0.25, -0.2) is 9.67 Å². The van der Waals surface area contributed by atoms with Gasteiger partial charge in [-0.3, -0.25) is 0 Å². The molecule has 2 rings (SSSR count). The van der Waals surface area contributed by atoms with Crippen molar-refractivity contribution in [2.45, 2.75) is 59.5 Å². The minimum absolute atomic E-state index is 0.112. The summed E-state index contributed by atoms with van der Waals surface area (Å²) >= 11 is 0. The molecule has 21 heavy (non-hydrogen) atoms. The molecule has 0 radical (unpaired) electrons. The molecule has 2 heterocycles. The van der Waals surface area contributed by atoms with Gasteiger partial charge in [-0.1, -0.05) is 13.8 Å². The third-order valence-electron chi connectivity index (χ3n) is 3.35. The maximum atomic E-state index is 4.59. The first kappa shape index (κ1) is 15.7. The lowest BCUT2D eigenvalue weighted by molar-refractivity contribution is 0.424. The van der Waals surface area contributed by atoms with Gasteiger partial charge in [0.2, 0.25) is 0 Å². The predicted octanol–water partition coefficient (Wildman–Crippen LogP) is 3.59. The van der Waals surface area contributed by atoms with Crippen LogP contribution < -0.4 is 5.32 Å². The summed E-state index contributed by atoms with van der Waals surface area (Å²) in [5.74, 6) is 1.34. The molecule has 0 aliphatic heterocycles. The van der Waals surface area contributed by atoms with E-state index in [1.807, 2.05) is 17.1 Å². The monoisotopic (exact) mass is 286 g/mol. The highest BCUT2D eigenvalue weighted by atomic mass is 15.3. The van der Waals surface area contributed by atoms with Crippen LogP contribution in [0.25, 0.3) is 5.82 Å². The first-order valence-electron chi connectivity index (χ1n) is 7.53. The molecular formula is C17H26N4. The molecule has 0 atom stereocenters. The summed E-state index contributed by atoms with van der Waals surface area (Å²) in [6, 6.07) is 4.23. The Morgan fingerprint density at radius 2 is 2.00 bits per heavy atom. The Bertz CT molecular complexity index is 605. The van der Waals surface area contributed by atoms with Gasteiger partial charge in [0.05, 0.1) is 5.69 Å². The Balaban J connectivity index is 2.18. The molecule has 0 spiro atoms. The summed E-state index contributed by atoms with van der Waals surface area (Å²) in [5, 5.41) is 8.08. The summed E-state index contributed by atoms with van der Waals surface area (Å²) < 4.78 is 1.87. The van der Waals surface area contributed by atoms with Gasteiger partial charge < -0.3 is 5.32 Å². The Morgan fingerprint density at radius 3 is 2.52 bits per heavy atom. The quantitative estimate of drug-likeness (QED) is 0.934. The summed E-state index contributed by atoms with van der Waals surface area (Å²) in [6.07, 6.45) is 3.91. The van der Waals surface area contributed by atoms with Crippen molar-refractivity contribution in [3.8, 4) is 5.82 Å². The van der Waals surface area contributed by atoms with Crippen molar-refractivity contribution in [1.82, 2.24) is 20.1 Å². The molecule has 4 nitrogen and oxygen atoms in total. The fraction of sp³-hybridized carbons (Fsp3) is 0.529. The zero-order valence-electron chi connectivity index (χ0n) is 13.9. The molecule has 2 aromatic heterocycles. The Hall–Kier alpha value is -1.68. The number of nitrogens with one attached hydrogen (secondary N) is 1. The van der Waals surface area contributed by atoms with Crippen LogP contribution in [0.1, 0.15) is 57.4 Å². The molecule has 0 aliphatic carbocycles. The van der Waals surface area contributed by atoms with Crippen LogP contribution in [0.5, 0.6) is 0 Å². The number of nitrogens with zero attached hydrogens (tertiary/aromatic N) is 3. The summed E-state index contributed by atoms with van der Waals surface area (Å²) in [6.45, 7) is 13.7. The van der Waals surface area contributed by atoms with E-state index >= 15 is 0 Å². The van der Waals surface area contributed by atoms with Crippen LogP contribution >= 0.6 is 0 Å². The van der Waals surface area contributed by atoms with E-state index in [2.05, 4.69) is 69.1 Å². The van der Waals surface area contributed by atoms with Crippen molar-refractivity contribution < 1.29 is 0 Å². The van der Waals surface area contributed by atoms with Gasteiger partial charge in [-0.15, -0.1) is 0 Å². The van der Waals surface area contributed by atoms with E-state index in [1.54, 1.807) is 0 Å². The molecule has 0 saturated heterocycles. The molecule has 0 bridgehead atoms. The topological polar surface area (TPSA) is 42.7 Å². The van der Waals surface area contributed by atoms with Crippen LogP contribution in [-0.2, 0) is 6.54 Å². The SMILES string of the molecule is Cc1cc(CNC(C)(C)C)cnc1-n1ccc(C(C)C)n1. The second-order valence-corrected chi connectivity index (χ2v) is 6.93. The molecular weight excluding hydrogens is 260 g/mol. The van der Waals surface area contributed by atoms with Crippen LogP contribution in [0.15, 0.2) is 24.5 Å². The zero-order chi connectivity index (χ0) is 15.6.